The molecule has 1 saturated heterocycles. The molecular formula is C14H23N3OS. The minimum atomic E-state index is -0.738. The minimum Gasteiger partial charge on any atom is -0.338 e. The van der Waals surface area contributed by atoms with Crippen LogP contribution in [-0.4, -0.2) is 37.8 Å². The van der Waals surface area contributed by atoms with Gasteiger partial charge < -0.3 is 4.90 Å². The Kier molecular flexibility index (Phi) is 4.23. The van der Waals surface area contributed by atoms with E-state index in [0.29, 0.717) is 0 Å². The van der Waals surface area contributed by atoms with Crippen molar-refractivity contribution in [3.8, 4) is 0 Å². The number of rotatable bonds is 3. The summed E-state index contributed by atoms with van der Waals surface area (Å²) in [6, 6.07) is 0. The molecule has 1 aromatic heterocycles. The van der Waals surface area contributed by atoms with Crippen molar-refractivity contribution in [2.75, 3.05) is 23.7 Å². The number of hydrogen-bond donors (Lipinski definition) is 0. The lowest BCUT2D eigenvalue weighted by Gasteiger charge is -2.41. The minimum absolute atomic E-state index is 0.0968. The first-order valence-corrected chi connectivity index (χ1v) is 8.28. The van der Waals surface area contributed by atoms with Gasteiger partial charge >= 0.3 is 0 Å². The molecule has 0 aromatic carbocycles. The van der Waals surface area contributed by atoms with Gasteiger partial charge in [0.25, 0.3) is 0 Å². The number of nitrogens with zero attached hydrogens (tertiary/aromatic N) is 3. The monoisotopic (exact) mass is 281 g/mol. The fourth-order valence-electron chi connectivity index (χ4n) is 2.54. The summed E-state index contributed by atoms with van der Waals surface area (Å²) in [5, 5.41) is 0. The van der Waals surface area contributed by atoms with Gasteiger partial charge in [0.15, 0.2) is 0 Å². The van der Waals surface area contributed by atoms with Crippen LogP contribution in [0.25, 0.3) is 0 Å². The zero-order valence-corrected chi connectivity index (χ0v) is 13.1. The fraction of sp³-hybridized carbons (Fsp3) is 0.714. The molecule has 0 radical (unpaired) electrons. The molecule has 2 rings (SSSR count). The molecule has 1 atom stereocenters. The highest BCUT2D eigenvalue weighted by Crippen LogP contribution is 2.30. The Morgan fingerprint density at radius 2 is 2.05 bits per heavy atom. The zero-order valence-electron chi connectivity index (χ0n) is 12.3. The SMILES string of the molecule is CCC1(CC)CN(c2ncc(C)c(C)n2)CCS1=O. The predicted molar refractivity (Wildman–Crippen MR) is 80.0 cm³/mol. The molecule has 1 aliphatic heterocycles. The average Bonchev–Trinajstić information content (AvgIpc) is 2.43. The summed E-state index contributed by atoms with van der Waals surface area (Å²) in [4.78, 5) is 11.2. The van der Waals surface area contributed by atoms with Crippen molar-refractivity contribution in [3.05, 3.63) is 17.5 Å². The highest BCUT2D eigenvalue weighted by molar-refractivity contribution is 7.86. The number of aryl methyl sites for hydroxylation is 2. The molecule has 2 heterocycles. The Bertz CT molecular complexity index is 486. The molecular weight excluding hydrogens is 258 g/mol. The summed E-state index contributed by atoms with van der Waals surface area (Å²) >= 11 is 0. The normalized spacial score (nSPS) is 22.5. The smallest absolute Gasteiger partial charge is 0.225 e. The maximum absolute atomic E-state index is 12.3. The van der Waals surface area contributed by atoms with Gasteiger partial charge in [0.05, 0.1) is 4.75 Å². The molecule has 1 fully saturated rings. The molecule has 0 spiro atoms. The van der Waals surface area contributed by atoms with Crippen molar-refractivity contribution in [2.24, 2.45) is 0 Å². The van der Waals surface area contributed by atoms with Gasteiger partial charge in [-0.25, -0.2) is 9.97 Å². The highest BCUT2D eigenvalue weighted by atomic mass is 32.2. The Labute approximate surface area is 118 Å². The van der Waals surface area contributed by atoms with Crippen LogP contribution in [0.15, 0.2) is 6.20 Å². The lowest BCUT2D eigenvalue weighted by atomic mass is 10.0. The summed E-state index contributed by atoms with van der Waals surface area (Å²) in [6.45, 7) is 9.88. The van der Waals surface area contributed by atoms with Crippen molar-refractivity contribution in [1.29, 1.82) is 0 Å². The van der Waals surface area contributed by atoms with Gasteiger partial charge in [-0.1, -0.05) is 13.8 Å². The van der Waals surface area contributed by atoms with Crippen LogP contribution in [0.5, 0.6) is 0 Å². The Morgan fingerprint density at radius 3 is 2.63 bits per heavy atom. The van der Waals surface area contributed by atoms with Crippen molar-refractivity contribution in [2.45, 2.75) is 45.3 Å². The molecule has 1 unspecified atom stereocenters. The lowest BCUT2D eigenvalue weighted by molar-refractivity contribution is 0.492. The average molecular weight is 281 g/mol. The summed E-state index contributed by atoms with van der Waals surface area (Å²) < 4.78 is 12.2. The van der Waals surface area contributed by atoms with Crippen molar-refractivity contribution in [3.63, 3.8) is 0 Å². The van der Waals surface area contributed by atoms with E-state index in [1.807, 2.05) is 20.0 Å². The van der Waals surface area contributed by atoms with Crippen LogP contribution in [0.4, 0.5) is 5.95 Å². The number of hydrogen-bond acceptors (Lipinski definition) is 4. The topological polar surface area (TPSA) is 46.1 Å². The molecule has 1 aromatic rings. The summed E-state index contributed by atoms with van der Waals surface area (Å²) in [7, 11) is -0.738. The first-order valence-electron chi connectivity index (χ1n) is 6.96. The highest BCUT2D eigenvalue weighted by Gasteiger charge is 2.39. The van der Waals surface area contributed by atoms with Crippen LogP contribution >= 0.6 is 0 Å². The number of aromatic nitrogens is 2. The summed E-state index contributed by atoms with van der Waals surface area (Å²) in [5.41, 5.74) is 2.14. The second-order valence-electron chi connectivity index (χ2n) is 5.30. The van der Waals surface area contributed by atoms with Gasteiger partial charge in [-0.3, -0.25) is 4.21 Å². The van der Waals surface area contributed by atoms with Crippen LogP contribution in [0.1, 0.15) is 37.9 Å². The maximum atomic E-state index is 12.3. The van der Waals surface area contributed by atoms with E-state index in [4.69, 9.17) is 0 Å². The van der Waals surface area contributed by atoms with Gasteiger partial charge in [0.2, 0.25) is 5.95 Å². The van der Waals surface area contributed by atoms with Crippen molar-refractivity contribution < 1.29 is 4.21 Å². The second kappa shape index (κ2) is 5.57. The summed E-state index contributed by atoms with van der Waals surface area (Å²) in [6.07, 6.45) is 3.76. The largest absolute Gasteiger partial charge is 0.338 e. The summed E-state index contributed by atoms with van der Waals surface area (Å²) in [5.74, 6) is 1.50. The quantitative estimate of drug-likeness (QED) is 0.852. The van der Waals surface area contributed by atoms with Crippen LogP contribution in [-0.2, 0) is 10.8 Å². The van der Waals surface area contributed by atoms with Gasteiger partial charge in [-0.15, -0.1) is 0 Å². The molecule has 0 aliphatic carbocycles. The molecule has 1 aliphatic rings. The van der Waals surface area contributed by atoms with E-state index in [0.717, 1.165) is 48.9 Å². The third kappa shape index (κ3) is 2.66. The van der Waals surface area contributed by atoms with Crippen molar-refractivity contribution in [1.82, 2.24) is 9.97 Å². The lowest BCUT2D eigenvalue weighted by Crippen LogP contribution is -2.53. The van der Waals surface area contributed by atoms with E-state index in [1.165, 1.54) is 0 Å². The van der Waals surface area contributed by atoms with Gasteiger partial charge in [-0.05, 0) is 32.3 Å². The molecule has 0 amide bonds. The fourth-order valence-corrected chi connectivity index (χ4v) is 4.31. The van der Waals surface area contributed by atoms with E-state index in [-0.39, 0.29) is 4.75 Å². The van der Waals surface area contributed by atoms with Crippen LogP contribution in [0.2, 0.25) is 0 Å². The van der Waals surface area contributed by atoms with Gasteiger partial charge in [0, 0.05) is 41.5 Å². The standard InChI is InChI=1S/C14H23N3OS/c1-5-14(6-2)10-17(7-8-19(14)18)13-15-9-11(3)12(4)16-13/h9H,5-8,10H2,1-4H3. The van der Waals surface area contributed by atoms with E-state index < -0.39 is 10.8 Å². The molecule has 0 saturated carbocycles. The second-order valence-corrected chi connectivity index (χ2v) is 7.27. The van der Waals surface area contributed by atoms with Crippen molar-refractivity contribution >= 4 is 16.7 Å². The number of anilines is 1. The Hall–Kier alpha value is -0.970. The first kappa shape index (κ1) is 14.4. The van der Waals surface area contributed by atoms with Crippen LogP contribution in [0, 0.1) is 13.8 Å². The molecule has 0 N–H and O–H groups in total. The molecule has 106 valence electrons. The van der Waals surface area contributed by atoms with E-state index in [9.17, 15) is 4.21 Å². The molecule has 19 heavy (non-hydrogen) atoms. The maximum Gasteiger partial charge on any atom is 0.225 e. The van der Waals surface area contributed by atoms with Crippen LogP contribution in [0.3, 0.4) is 0 Å². The van der Waals surface area contributed by atoms with Crippen LogP contribution < -0.4 is 4.90 Å². The zero-order chi connectivity index (χ0) is 14.0. The van der Waals surface area contributed by atoms with E-state index >= 15 is 0 Å². The molecule has 0 bridgehead atoms. The predicted octanol–water partition coefficient (Wildman–Crippen LogP) is 2.22. The van der Waals surface area contributed by atoms with E-state index in [1.54, 1.807) is 0 Å². The van der Waals surface area contributed by atoms with E-state index in [2.05, 4.69) is 28.7 Å². The Morgan fingerprint density at radius 1 is 1.37 bits per heavy atom. The Balaban J connectivity index is 2.26. The van der Waals surface area contributed by atoms with Gasteiger partial charge in [-0.2, -0.15) is 0 Å². The first-order chi connectivity index (χ1) is 9.02. The third-order valence-corrected chi connectivity index (χ3v) is 6.52. The van der Waals surface area contributed by atoms with Gasteiger partial charge in [0.1, 0.15) is 0 Å². The third-order valence-electron chi connectivity index (χ3n) is 4.29. The molecule has 4 nitrogen and oxygen atoms in total. The molecule has 5 heteroatoms.